The first-order valence-electron chi connectivity index (χ1n) is 9.57. The van der Waals surface area contributed by atoms with Gasteiger partial charge in [0.15, 0.2) is 17.0 Å². The lowest BCUT2D eigenvalue weighted by Gasteiger charge is -2.05. The molecule has 0 atom stereocenters. The lowest BCUT2D eigenvalue weighted by atomic mass is 10.1. The fraction of sp³-hybridized carbons (Fsp3) is 0.0952. The van der Waals surface area contributed by atoms with Crippen LogP contribution in [0.25, 0.3) is 38.8 Å². The summed E-state index contributed by atoms with van der Waals surface area (Å²) in [7, 11) is 3.44. The van der Waals surface area contributed by atoms with Crippen LogP contribution in [0.1, 0.15) is 0 Å². The fourth-order valence-electron chi connectivity index (χ4n) is 3.64. The van der Waals surface area contributed by atoms with Crippen LogP contribution in [0, 0.1) is 5.82 Å². The second-order valence-corrected chi connectivity index (χ2v) is 8.38. The van der Waals surface area contributed by atoms with Crippen molar-refractivity contribution >= 4 is 39.4 Å². The quantitative estimate of drug-likeness (QED) is 0.410. The van der Waals surface area contributed by atoms with Crippen LogP contribution in [0.3, 0.4) is 0 Å². The Hall–Kier alpha value is -3.99. The molecule has 5 aromatic heterocycles. The number of hydrogen-bond acceptors (Lipinski definition) is 7. The summed E-state index contributed by atoms with van der Waals surface area (Å²) in [6.07, 6.45) is 6.89. The summed E-state index contributed by atoms with van der Waals surface area (Å²) in [6.45, 7) is 0. The summed E-state index contributed by atoms with van der Waals surface area (Å²) in [4.78, 5) is 17.2. The molecule has 0 unspecified atom stereocenters. The molecule has 1 aromatic carbocycles. The first-order chi connectivity index (χ1) is 15.5. The van der Waals surface area contributed by atoms with Gasteiger partial charge in [0.2, 0.25) is 5.16 Å². The largest absolute Gasteiger partial charge is 0.419 e. The molecule has 158 valence electrons. The first-order valence-corrected chi connectivity index (χ1v) is 10.4. The Morgan fingerprint density at radius 2 is 1.94 bits per heavy atom. The standard InChI is InChI=1S/C21H14FN7O2S/c1-27-9-12(7-24-27)11-5-15(22)19-25-26-20(29(19)10-11)32-13-3-4-16-14(6-13)18-17(8-23-16)28(2)21(30)31-18/h3-10H,1-2H3. The molecule has 6 aromatic rings. The molecular weight excluding hydrogens is 433 g/mol. The van der Waals surface area contributed by atoms with E-state index in [-0.39, 0.29) is 5.65 Å². The number of benzene rings is 1. The van der Waals surface area contributed by atoms with Crippen molar-refractivity contribution in [2.45, 2.75) is 10.1 Å². The van der Waals surface area contributed by atoms with Gasteiger partial charge in [-0.1, -0.05) is 0 Å². The van der Waals surface area contributed by atoms with E-state index in [1.807, 2.05) is 24.4 Å². The molecule has 11 heteroatoms. The van der Waals surface area contributed by atoms with Crippen LogP contribution < -0.4 is 5.76 Å². The van der Waals surface area contributed by atoms with Crippen molar-refractivity contribution in [1.29, 1.82) is 0 Å². The zero-order valence-corrected chi connectivity index (χ0v) is 17.7. The SMILES string of the molecule is Cn1cc(-c2cc(F)c3nnc(Sc4ccc5ncc6c(oc(=O)n6C)c5c4)n3c2)cn1. The maximum absolute atomic E-state index is 14.7. The average molecular weight is 447 g/mol. The first kappa shape index (κ1) is 18.8. The van der Waals surface area contributed by atoms with Gasteiger partial charge in [-0.05, 0) is 36.0 Å². The minimum Gasteiger partial charge on any atom is -0.407 e. The Morgan fingerprint density at radius 3 is 2.75 bits per heavy atom. The highest BCUT2D eigenvalue weighted by Crippen LogP contribution is 2.32. The monoisotopic (exact) mass is 447 g/mol. The third-order valence-electron chi connectivity index (χ3n) is 5.27. The van der Waals surface area contributed by atoms with E-state index < -0.39 is 11.6 Å². The van der Waals surface area contributed by atoms with Gasteiger partial charge in [0, 0.05) is 47.9 Å². The van der Waals surface area contributed by atoms with Gasteiger partial charge in [0.25, 0.3) is 0 Å². The number of aryl methyl sites for hydroxylation is 2. The third kappa shape index (κ3) is 2.82. The Balaban J connectivity index is 1.47. The summed E-state index contributed by atoms with van der Waals surface area (Å²) in [6, 6.07) is 7.02. The Morgan fingerprint density at radius 1 is 1.06 bits per heavy atom. The third-order valence-corrected chi connectivity index (χ3v) is 6.22. The summed E-state index contributed by atoms with van der Waals surface area (Å²) in [5.74, 6) is -0.921. The van der Waals surface area contributed by atoms with Crippen molar-refractivity contribution in [2.24, 2.45) is 14.1 Å². The Bertz CT molecular complexity index is 1730. The average Bonchev–Trinajstić information content (AvgIpc) is 3.47. The maximum atomic E-state index is 14.7. The molecule has 0 amide bonds. The number of aromatic nitrogens is 7. The minimum atomic E-state index is -0.471. The van der Waals surface area contributed by atoms with Crippen molar-refractivity contribution in [1.82, 2.24) is 33.9 Å². The normalized spacial score (nSPS) is 11.8. The molecule has 9 nitrogen and oxygen atoms in total. The van der Waals surface area contributed by atoms with E-state index in [9.17, 15) is 9.18 Å². The van der Waals surface area contributed by atoms with Gasteiger partial charge in [-0.2, -0.15) is 5.10 Å². The number of nitrogens with zero attached hydrogens (tertiary/aromatic N) is 7. The maximum Gasteiger partial charge on any atom is 0.419 e. The van der Waals surface area contributed by atoms with Gasteiger partial charge in [-0.25, -0.2) is 9.18 Å². The number of halogens is 1. The van der Waals surface area contributed by atoms with Crippen LogP contribution in [-0.2, 0) is 14.1 Å². The Labute approximate surface area is 183 Å². The van der Waals surface area contributed by atoms with Crippen LogP contribution in [0.4, 0.5) is 4.39 Å². The van der Waals surface area contributed by atoms with E-state index in [4.69, 9.17) is 4.42 Å². The van der Waals surface area contributed by atoms with Crippen LogP contribution in [-0.4, -0.2) is 33.9 Å². The number of fused-ring (bicyclic) bond motifs is 4. The lowest BCUT2D eigenvalue weighted by molar-refractivity contribution is 0.530. The van der Waals surface area contributed by atoms with Crippen LogP contribution in [0.5, 0.6) is 0 Å². The number of pyridine rings is 2. The van der Waals surface area contributed by atoms with Crippen LogP contribution in [0.15, 0.2) is 68.3 Å². The molecule has 0 aliphatic rings. The number of oxazole rings is 1. The van der Waals surface area contributed by atoms with Crippen LogP contribution in [0.2, 0.25) is 0 Å². The highest BCUT2D eigenvalue weighted by atomic mass is 32.2. The summed E-state index contributed by atoms with van der Waals surface area (Å²) < 4.78 is 24.8. The van der Waals surface area contributed by atoms with E-state index in [1.54, 1.807) is 41.8 Å². The molecule has 6 rings (SSSR count). The van der Waals surface area contributed by atoms with Gasteiger partial charge in [0.05, 0.1) is 17.9 Å². The molecule has 0 N–H and O–H groups in total. The molecule has 0 saturated heterocycles. The van der Waals surface area contributed by atoms with E-state index in [0.29, 0.717) is 32.7 Å². The van der Waals surface area contributed by atoms with Crippen molar-refractivity contribution in [3.63, 3.8) is 0 Å². The minimum absolute atomic E-state index is 0.138. The topological polar surface area (TPSA) is 96.0 Å². The second-order valence-electron chi connectivity index (χ2n) is 7.34. The number of hydrogen-bond donors (Lipinski definition) is 0. The van der Waals surface area contributed by atoms with Gasteiger partial charge in [0.1, 0.15) is 5.52 Å². The van der Waals surface area contributed by atoms with Gasteiger partial charge in [-0.3, -0.25) is 18.6 Å². The Kier molecular flexibility index (Phi) is 3.96. The molecule has 32 heavy (non-hydrogen) atoms. The van der Waals surface area contributed by atoms with Gasteiger partial charge >= 0.3 is 5.76 Å². The predicted molar refractivity (Wildman–Crippen MR) is 116 cm³/mol. The second kappa shape index (κ2) is 6.76. The molecular formula is C21H14FN7O2S. The van der Waals surface area contributed by atoms with E-state index in [2.05, 4.69) is 20.3 Å². The molecule has 0 aliphatic heterocycles. The molecule has 0 radical (unpaired) electrons. The van der Waals surface area contributed by atoms with Crippen molar-refractivity contribution in [3.8, 4) is 11.1 Å². The number of rotatable bonds is 3. The lowest BCUT2D eigenvalue weighted by Crippen LogP contribution is -2.08. The van der Waals surface area contributed by atoms with Crippen molar-refractivity contribution in [3.05, 3.63) is 65.4 Å². The molecule has 0 bridgehead atoms. The molecule has 0 fully saturated rings. The predicted octanol–water partition coefficient (Wildman–Crippen LogP) is 3.41. The fourth-order valence-corrected chi connectivity index (χ4v) is 4.48. The van der Waals surface area contributed by atoms with E-state index >= 15 is 0 Å². The zero-order valence-electron chi connectivity index (χ0n) is 16.9. The van der Waals surface area contributed by atoms with Crippen molar-refractivity contribution < 1.29 is 8.81 Å². The summed E-state index contributed by atoms with van der Waals surface area (Å²) >= 11 is 1.32. The van der Waals surface area contributed by atoms with Gasteiger partial charge < -0.3 is 4.42 Å². The summed E-state index contributed by atoms with van der Waals surface area (Å²) in [5, 5.41) is 13.5. The summed E-state index contributed by atoms with van der Waals surface area (Å²) in [5.41, 5.74) is 3.38. The molecule has 0 saturated carbocycles. The zero-order chi connectivity index (χ0) is 22.0. The highest BCUT2D eigenvalue weighted by molar-refractivity contribution is 7.99. The van der Waals surface area contributed by atoms with Gasteiger partial charge in [-0.15, -0.1) is 10.2 Å². The smallest absolute Gasteiger partial charge is 0.407 e. The van der Waals surface area contributed by atoms with E-state index in [1.165, 1.54) is 22.4 Å². The van der Waals surface area contributed by atoms with Crippen LogP contribution >= 0.6 is 11.8 Å². The molecule has 0 aliphatic carbocycles. The highest BCUT2D eigenvalue weighted by Gasteiger charge is 2.16. The van der Waals surface area contributed by atoms with Crippen molar-refractivity contribution in [2.75, 3.05) is 0 Å². The van der Waals surface area contributed by atoms with E-state index in [0.717, 1.165) is 10.5 Å². The molecule has 0 spiro atoms. The molecule has 5 heterocycles.